The maximum Gasteiger partial charge on any atom is 0.326 e. The zero-order valence-corrected chi connectivity index (χ0v) is 10.0. The van der Waals surface area contributed by atoms with Gasteiger partial charge in [0.05, 0.1) is 12.0 Å². The van der Waals surface area contributed by atoms with Crippen LogP contribution in [0.1, 0.15) is 22.3 Å². The van der Waals surface area contributed by atoms with Crippen molar-refractivity contribution in [3.8, 4) is 0 Å². The Bertz CT molecular complexity index is 529. The quantitative estimate of drug-likeness (QED) is 0.733. The first-order valence-corrected chi connectivity index (χ1v) is 5.33. The normalized spacial score (nSPS) is 11.7. The molecule has 102 valence electrons. The molecule has 0 aliphatic carbocycles. The van der Waals surface area contributed by atoms with Gasteiger partial charge in [0.15, 0.2) is 0 Å². The van der Waals surface area contributed by atoms with Crippen molar-refractivity contribution >= 4 is 17.8 Å². The van der Waals surface area contributed by atoms with E-state index < -0.39 is 36.1 Å². The minimum Gasteiger partial charge on any atom is -0.481 e. The molecule has 19 heavy (non-hydrogen) atoms. The minimum atomic E-state index is -1.61. The molecule has 0 fully saturated rings. The van der Waals surface area contributed by atoms with Crippen LogP contribution in [0, 0.1) is 12.7 Å². The lowest BCUT2D eigenvalue weighted by Gasteiger charge is -2.13. The van der Waals surface area contributed by atoms with E-state index in [1.807, 2.05) is 5.32 Å². The number of benzene rings is 1. The zero-order chi connectivity index (χ0) is 14.6. The molecule has 0 saturated carbocycles. The second-order valence-electron chi connectivity index (χ2n) is 3.90. The van der Waals surface area contributed by atoms with Crippen molar-refractivity contribution in [2.45, 2.75) is 19.4 Å². The molecule has 1 atom stereocenters. The maximum absolute atomic E-state index is 13.6. The van der Waals surface area contributed by atoms with Crippen molar-refractivity contribution in [1.82, 2.24) is 5.32 Å². The fourth-order valence-corrected chi connectivity index (χ4v) is 1.43. The van der Waals surface area contributed by atoms with E-state index in [0.29, 0.717) is 0 Å². The van der Waals surface area contributed by atoms with Crippen LogP contribution in [0.4, 0.5) is 4.39 Å². The Morgan fingerprint density at radius 2 is 1.95 bits per heavy atom. The summed E-state index contributed by atoms with van der Waals surface area (Å²) >= 11 is 0. The number of carboxylic acid groups (broad SMARTS) is 2. The lowest BCUT2D eigenvalue weighted by molar-refractivity contribution is -0.145. The van der Waals surface area contributed by atoms with E-state index in [2.05, 4.69) is 0 Å². The summed E-state index contributed by atoms with van der Waals surface area (Å²) in [6, 6.07) is 2.49. The summed E-state index contributed by atoms with van der Waals surface area (Å²) in [6.45, 7) is 1.46. The lowest BCUT2D eigenvalue weighted by Crippen LogP contribution is -2.42. The van der Waals surface area contributed by atoms with Gasteiger partial charge in [-0.15, -0.1) is 0 Å². The van der Waals surface area contributed by atoms with Crippen molar-refractivity contribution in [3.63, 3.8) is 0 Å². The smallest absolute Gasteiger partial charge is 0.326 e. The summed E-state index contributed by atoms with van der Waals surface area (Å²) in [6.07, 6.45) is -0.783. The lowest BCUT2D eigenvalue weighted by atomic mass is 10.1. The highest BCUT2D eigenvalue weighted by Gasteiger charge is 2.24. The number of aryl methyl sites for hydroxylation is 1. The van der Waals surface area contributed by atoms with Crippen molar-refractivity contribution in [1.29, 1.82) is 0 Å². The number of carbonyl (C=O) groups is 3. The van der Waals surface area contributed by atoms with Gasteiger partial charge >= 0.3 is 11.9 Å². The standard InChI is InChI=1S/C12H12FNO5/c1-6-3-2-4-7(10(6)13)11(17)14-8(12(18)19)5-9(15)16/h2-4,8H,5H2,1H3,(H,14,17)(H,15,16)(H,18,19)/t8-/m1/s1. The number of amides is 1. The number of nitrogens with one attached hydrogen (secondary N) is 1. The average Bonchev–Trinajstić information content (AvgIpc) is 2.31. The summed E-state index contributed by atoms with van der Waals surface area (Å²) in [7, 11) is 0. The van der Waals surface area contributed by atoms with Crippen LogP contribution in [0.5, 0.6) is 0 Å². The van der Waals surface area contributed by atoms with Gasteiger partial charge in [0, 0.05) is 0 Å². The van der Waals surface area contributed by atoms with Gasteiger partial charge in [-0.1, -0.05) is 12.1 Å². The molecule has 0 aliphatic heterocycles. The Morgan fingerprint density at radius 1 is 1.32 bits per heavy atom. The van der Waals surface area contributed by atoms with E-state index in [9.17, 15) is 18.8 Å². The van der Waals surface area contributed by atoms with Gasteiger partial charge in [0.1, 0.15) is 11.9 Å². The zero-order valence-electron chi connectivity index (χ0n) is 10.0. The van der Waals surface area contributed by atoms with E-state index in [-0.39, 0.29) is 11.1 Å². The highest BCUT2D eigenvalue weighted by atomic mass is 19.1. The number of carboxylic acids is 2. The highest BCUT2D eigenvalue weighted by molar-refractivity contribution is 5.97. The fourth-order valence-electron chi connectivity index (χ4n) is 1.43. The summed E-state index contributed by atoms with van der Waals surface area (Å²) < 4.78 is 13.6. The van der Waals surface area contributed by atoms with Crippen molar-refractivity contribution in [2.75, 3.05) is 0 Å². The van der Waals surface area contributed by atoms with E-state index in [1.54, 1.807) is 0 Å². The van der Waals surface area contributed by atoms with E-state index in [4.69, 9.17) is 10.2 Å². The van der Waals surface area contributed by atoms with Crippen molar-refractivity contribution in [2.24, 2.45) is 0 Å². The summed E-state index contributed by atoms with van der Waals surface area (Å²) in [5.41, 5.74) is -0.0885. The molecule has 0 bridgehead atoms. The third-order valence-corrected chi connectivity index (χ3v) is 2.42. The maximum atomic E-state index is 13.6. The van der Waals surface area contributed by atoms with E-state index in [0.717, 1.165) is 0 Å². The van der Waals surface area contributed by atoms with E-state index >= 15 is 0 Å². The van der Waals surface area contributed by atoms with Gasteiger partial charge < -0.3 is 15.5 Å². The third kappa shape index (κ3) is 3.77. The highest BCUT2D eigenvalue weighted by Crippen LogP contribution is 2.12. The molecule has 0 heterocycles. The summed E-state index contributed by atoms with van der Waals surface area (Å²) in [5, 5.41) is 19.3. The number of hydrogen-bond acceptors (Lipinski definition) is 3. The molecule has 1 aromatic carbocycles. The average molecular weight is 269 g/mol. The predicted molar refractivity (Wildman–Crippen MR) is 62.3 cm³/mol. The molecule has 6 nitrogen and oxygen atoms in total. The first kappa shape index (κ1) is 14.6. The molecule has 7 heteroatoms. The molecule has 1 rings (SSSR count). The second-order valence-corrected chi connectivity index (χ2v) is 3.90. The second kappa shape index (κ2) is 5.94. The van der Waals surface area contributed by atoms with Crippen LogP contribution in [-0.2, 0) is 9.59 Å². The Labute approximate surface area is 107 Å². The minimum absolute atomic E-state index is 0.234. The van der Waals surface area contributed by atoms with Crippen LogP contribution in [0.2, 0.25) is 0 Å². The summed E-state index contributed by atoms with van der Waals surface area (Å²) in [4.78, 5) is 33.0. The van der Waals surface area contributed by atoms with Gasteiger partial charge in [-0.3, -0.25) is 9.59 Å². The number of halogens is 1. The van der Waals surface area contributed by atoms with Crippen LogP contribution >= 0.6 is 0 Å². The molecule has 0 saturated heterocycles. The molecule has 1 amide bonds. The van der Waals surface area contributed by atoms with Crippen LogP contribution in [0.25, 0.3) is 0 Å². The predicted octanol–water partition coefficient (Wildman–Crippen LogP) is 0.792. The molecule has 0 unspecified atom stereocenters. The fraction of sp³-hybridized carbons (Fsp3) is 0.250. The Hall–Kier alpha value is -2.44. The van der Waals surface area contributed by atoms with Gasteiger partial charge in [-0.05, 0) is 18.6 Å². The van der Waals surface area contributed by atoms with Gasteiger partial charge in [-0.25, -0.2) is 9.18 Å². The Morgan fingerprint density at radius 3 is 2.47 bits per heavy atom. The Balaban J connectivity index is 2.91. The number of rotatable bonds is 5. The third-order valence-electron chi connectivity index (χ3n) is 2.42. The first-order valence-electron chi connectivity index (χ1n) is 5.33. The molecule has 3 N–H and O–H groups in total. The first-order chi connectivity index (χ1) is 8.82. The molecule has 0 aromatic heterocycles. The molecular weight excluding hydrogens is 257 g/mol. The molecule has 0 radical (unpaired) electrons. The van der Waals surface area contributed by atoms with Gasteiger partial charge in [-0.2, -0.15) is 0 Å². The molecule has 1 aromatic rings. The number of carbonyl (C=O) groups excluding carboxylic acids is 1. The topological polar surface area (TPSA) is 104 Å². The SMILES string of the molecule is Cc1cccc(C(=O)N[C@H](CC(=O)O)C(=O)O)c1F. The number of hydrogen-bond donors (Lipinski definition) is 3. The molecule has 0 spiro atoms. The summed E-state index contributed by atoms with van der Waals surface area (Å²) in [5.74, 6) is -4.60. The molecular formula is C12H12FNO5. The van der Waals surface area contributed by atoms with Crippen LogP contribution in [0.3, 0.4) is 0 Å². The van der Waals surface area contributed by atoms with Crippen LogP contribution in [0.15, 0.2) is 18.2 Å². The van der Waals surface area contributed by atoms with E-state index in [1.165, 1.54) is 25.1 Å². The Kier molecular flexibility index (Phi) is 4.57. The van der Waals surface area contributed by atoms with Gasteiger partial charge in [0.2, 0.25) is 0 Å². The largest absolute Gasteiger partial charge is 0.481 e. The van der Waals surface area contributed by atoms with Gasteiger partial charge in [0.25, 0.3) is 5.91 Å². The molecule has 0 aliphatic rings. The number of aliphatic carboxylic acids is 2. The van der Waals surface area contributed by atoms with Crippen molar-refractivity contribution < 1.29 is 29.0 Å². The van der Waals surface area contributed by atoms with Crippen molar-refractivity contribution in [3.05, 3.63) is 35.1 Å². The monoisotopic (exact) mass is 269 g/mol. The van der Waals surface area contributed by atoms with Crippen LogP contribution in [-0.4, -0.2) is 34.1 Å². The van der Waals surface area contributed by atoms with Crippen LogP contribution < -0.4 is 5.32 Å².